The van der Waals surface area contributed by atoms with E-state index in [-0.39, 0.29) is 11.7 Å². The lowest BCUT2D eigenvalue weighted by atomic mass is 10.0. The van der Waals surface area contributed by atoms with Gasteiger partial charge in [-0.25, -0.2) is 9.37 Å². The average Bonchev–Trinajstić information content (AvgIpc) is 2.34. The van der Waals surface area contributed by atoms with Gasteiger partial charge in [-0.15, -0.1) is 0 Å². The number of carbonyl (C=O) groups excluding carboxylic acids is 1. The SMILES string of the molecule is CC(=O)N1CCC(Nc2cc(C)c(F)cn2)CC1. The summed E-state index contributed by atoms with van der Waals surface area (Å²) in [7, 11) is 0. The highest BCUT2D eigenvalue weighted by molar-refractivity contribution is 5.73. The minimum Gasteiger partial charge on any atom is -0.367 e. The van der Waals surface area contributed by atoms with Gasteiger partial charge in [0.15, 0.2) is 0 Å². The van der Waals surface area contributed by atoms with E-state index in [1.807, 2.05) is 4.90 Å². The van der Waals surface area contributed by atoms with Crippen molar-refractivity contribution in [1.82, 2.24) is 9.88 Å². The topological polar surface area (TPSA) is 45.2 Å². The van der Waals surface area contributed by atoms with Crippen LogP contribution in [-0.2, 0) is 4.79 Å². The second kappa shape index (κ2) is 5.33. The molecule has 0 bridgehead atoms. The van der Waals surface area contributed by atoms with Crippen molar-refractivity contribution < 1.29 is 9.18 Å². The van der Waals surface area contributed by atoms with E-state index in [4.69, 9.17) is 0 Å². The monoisotopic (exact) mass is 251 g/mol. The molecule has 1 N–H and O–H groups in total. The Hall–Kier alpha value is -1.65. The molecule has 2 heterocycles. The Balaban J connectivity index is 1.91. The van der Waals surface area contributed by atoms with Crippen LogP contribution in [0.25, 0.3) is 0 Å². The smallest absolute Gasteiger partial charge is 0.219 e. The van der Waals surface area contributed by atoms with Gasteiger partial charge < -0.3 is 10.2 Å². The van der Waals surface area contributed by atoms with E-state index in [2.05, 4.69) is 10.3 Å². The standard InChI is InChI=1S/C13H18FN3O/c1-9-7-13(15-8-12(9)14)16-11-3-5-17(6-4-11)10(2)18/h7-8,11H,3-6H2,1-2H3,(H,15,16). The number of anilines is 1. The fourth-order valence-corrected chi connectivity index (χ4v) is 2.17. The Morgan fingerprint density at radius 2 is 2.17 bits per heavy atom. The predicted molar refractivity (Wildman–Crippen MR) is 67.8 cm³/mol. The second-order valence-electron chi connectivity index (χ2n) is 4.74. The highest BCUT2D eigenvalue weighted by Gasteiger charge is 2.20. The van der Waals surface area contributed by atoms with Crippen LogP contribution < -0.4 is 5.32 Å². The van der Waals surface area contributed by atoms with Crippen molar-refractivity contribution in [2.24, 2.45) is 0 Å². The normalized spacial score (nSPS) is 16.7. The van der Waals surface area contributed by atoms with Gasteiger partial charge in [0.1, 0.15) is 11.6 Å². The summed E-state index contributed by atoms with van der Waals surface area (Å²) in [4.78, 5) is 17.1. The van der Waals surface area contributed by atoms with Crippen LogP contribution in [0.1, 0.15) is 25.3 Å². The highest BCUT2D eigenvalue weighted by Crippen LogP contribution is 2.17. The summed E-state index contributed by atoms with van der Waals surface area (Å²) in [6, 6.07) is 2.02. The first-order valence-electron chi connectivity index (χ1n) is 6.20. The van der Waals surface area contributed by atoms with Crippen LogP contribution in [0.2, 0.25) is 0 Å². The van der Waals surface area contributed by atoms with Gasteiger partial charge in [-0.3, -0.25) is 4.79 Å². The summed E-state index contributed by atoms with van der Waals surface area (Å²) in [6.07, 6.45) is 3.04. The molecule has 1 aliphatic rings. The zero-order valence-electron chi connectivity index (χ0n) is 10.7. The average molecular weight is 251 g/mol. The van der Waals surface area contributed by atoms with Gasteiger partial charge in [-0.2, -0.15) is 0 Å². The summed E-state index contributed by atoms with van der Waals surface area (Å²) in [5.41, 5.74) is 0.591. The number of amides is 1. The molecule has 1 aromatic rings. The third-order valence-electron chi connectivity index (χ3n) is 3.34. The quantitative estimate of drug-likeness (QED) is 0.873. The number of likely N-dealkylation sites (tertiary alicyclic amines) is 1. The second-order valence-corrected chi connectivity index (χ2v) is 4.74. The van der Waals surface area contributed by atoms with E-state index in [9.17, 15) is 9.18 Å². The molecular weight excluding hydrogens is 233 g/mol. The van der Waals surface area contributed by atoms with E-state index in [0.717, 1.165) is 25.9 Å². The molecule has 0 aromatic carbocycles. The molecule has 0 radical (unpaired) electrons. The number of aromatic nitrogens is 1. The number of aryl methyl sites for hydroxylation is 1. The zero-order valence-corrected chi connectivity index (χ0v) is 10.7. The number of rotatable bonds is 2. The van der Waals surface area contributed by atoms with Crippen LogP contribution in [0.4, 0.5) is 10.2 Å². The van der Waals surface area contributed by atoms with Gasteiger partial charge >= 0.3 is 0 Å². The molecule has 98 valence electrons. The maximum atomic E-state index is 13.1. The zero-order chi connectivity index (χ0) is 13.1. The van der Waals surface area contributed by atoms with Crippen molar-refractivity contribution >= 4 is 11.7 Å². The van der Waals surface area contributed by atoms with Crippen LogP contribution >= 0.6 is 0 Å². The van der Waals surface area contributed by atoms with E-state index >= 15 is 0 Å². The Bertz CT molecular complexity index is 442. The molecule has 1 aliphatic heterocycles. The highest BCUT2D eigenvalue weighted by atomic mass is 19.1. The van der Waals surface area contributed by atoms with E-state index in [1.165, 1.54) is 6.20 Å². The van der Waals surface area contributed by atoms with Crippen molar-refractivity contribution in [3.05, 3.63) is 23.6 Å². The molecule has 5 heteroatoms. The Labute approximate surface area is 106 Å². The lowest BCUT2D eigenvalue weighted by molar-refractivity contribution is -0.129. The minimum atomic E-state index is -0.285. The fourth-order valence-electron chi connectivity index (χ4n) is 2.17. The van der Waals surface area contributed by atoms with Gasteiger partial charge in [0.2, 0.25) is 5.91 Å². The van der Waals surface area contributed by atoms with E-state index in [1.54, 1.807) is 19.9 Å². The molecular formula is C13H18FN3O. The molecule has 4 nitrogen and oxygen atoms in total. The van der Waals surface area contributed by atoms with Crippen LogP contribution in [-0.4, -0.2) is 34.9 Å². The number of piperidine rings is 1. The molecule has 0 saturated carbocycles. The molecule has 1 fully saturated rings. The van der Waals surface area contributed by atoms with E-state index < -0.39 is 0 Å². The summed E-state index contributed by atoms with van der Waals surface area (Å²) >= 11 is 0. The maximum absolute atomic E-state index is 13.1. The number of nitrogens with zero attached hydrogens (tertiary/aromatic N) is 2. The van der Waals surface area contributed by atoms with Crippen molar-refractivity contribution in [1.29, 1.82) is 0 Å². The van der Waals surface area contributed by atoms with Crippen LogP contribution in [0.15, 0.2) is 12.3 Å². The molecule has 1 amide bonds. The van der Waals surface area contributed by atoms with Gasteiger partial charge in [-0.05, 0) is 31.4 Å². The minimum absolute atomic E-state index is 0.129. The number of hydrogen-bond donors (Lipinski definition) is 1. The van der Waals surface area contributed by atoms with Gasteiger partial charge in [0.05, 0.1) is 6.20 Å². The van der Waals surface area contributed by atoms with Crippen molar-refractivity contribution in [3.63, 3.8) is 0 Å². The van der Waals surface area contributed by atoms with Gasteiger partial charge in [0, 0.05) is 26.1 Å². The maximum Gasteiger partial charge on any atom is 0.219 e. The summed E-state index contributed by atoms with van der Waals surface area (Å²) in [6.45, 7) is 4.86. The first-order valence-corrected chi connectivity index (χ1v) is 6.20. The molecule has 18 heavy (non-hydrogen) atoms. The number of halogens is 1. The number of hydrogen-bond acceptors (Lipinski definition) is 3. The van der Waals surface area contributed by atoms with Crippen molar-refractivity contribution in [3.8, 4) is 0 Å². The Kier molecular flexibility index (Phi) is 3.79. The van der Waals surface area contributed by atoms with E-state index in [0.29, 0.717) is 17.4 Å². The first-order chi connectivity index (χ1) is 8.56. The largest absolute Gasteiger partial charge is 0.367 e. The third kappa shape index (κ3) is 2.97. The molecule has 0 unspecified atom stereocenters. The van der Waals surface area contributed by atoms with Crippen molar-refractivity contribution in [2.45, 2.75) is 32.7 Å². The Morgan fingerprint density at radius 1 is 1.50 bits per heavy atom. The molecule has 1 aromatic heterocycles. The lowest BCUT2D eigenvalue weighted by Crippen LogP contribution is -2.41. The molecule has 0 aliphatic carbocycles. The molecule has 0 spiro atoms. The number of pyridine rings is 1. The summed E-state index contributed by atoms with van der Waals surface area (Å²) < 4.78 is 13.1. The summed E-state index contributed by atoms with van der Waals surface area (Å²) in [5, 5.41) is 3.29. The molecule has 1 saturated heterocycles. The number of nitrogens with one attached hydrogen (secondary N) is 1. The van der Waals surface area contributed by atoms with Gasteiger partial charge in [-0.1, -0.05) is 0 Å². The number of carbonyl (C=O) groups is 1. The lowest BCUT2D eigenvalue weighted by Gasteiger charge is -2.32. The first kappa shape index (κ1) is 12.8. The Morgan fingerprint density at radius 3 is 2.72 bits per heavy atom. The fraction of sp³-hybridized carbons (Fsp3) is 0.538. The van der Waals surface area contributed by atoms with Crippen LogP contribution in [0.5, 0.6) is 0 Å². The summed E-state index contributed by atoms with van der Waals surface area (Å²) in [5.74, 6) is 0.548. The molecule has 2 rings (SSSR count). The predicted octanol–water partition coefficient (Wildman–Crippen LogP) is 1.95. The van der Waals surface area contributed by atoms with Gasteiger partial charge in [0.25, 0.3) is 0 Å². The molecule has 0 atom stereocenters. The van der Waals surface area contributed by atoms with Crippen LogP contribution in [0.3, 0.4) is 0 Å². The van der Waals surface area contributed by atoms with Crippen LogP contribution in [0, 0.1) is 12.7 Å². The van der Waals surface area contributed by atoms with Crippen molar-refractivity contribution in [2.75, 3.05) is 18.4 Å². The third-order valence-corrected chi connectivity index (χ3v) is 3.34.